The second-order valence-electron chi connectivity index (χ2n) is 4.87. The first kappa shape index (κ1) is 9.43. The summed E-state index contributed by atoms with van der Waals surface area (Å²) < 4.78 is 29.3. The molecule has 0 aromatic heterocycles. The van der Waals surface area contributed by atoms with Crippen LogP contribution in [0.1, 0.15) is 33.1 Å². The molecule has 0 aromatic carbocycles. The van der Waals surface area contributed by atoms with Crippen molar-refractivity contribution in [3.05, 3.63) is 0 Å². The van der Waals surface area contributed by atoms with Gasteiger partial charge in [0.15, 0.2) is 0 Å². The maximum atomic E-state index is 11.0. The molecule has 1 saturated heterocycles. The average molecular weight is 205 g/mol. The first-order valence-electron chi connectivity index (χ1n) is 4.51. The summed E-state index contributed by atoms with van der Waals surface area (Å²) in [6.45, 7) is 4.36. The van der Waals surface area contributed by atoms with E-state index in [0.29, 0.717) is 5.41 Å². The van der Waals surface area contributed by atoms with Gasteiger partial charge in [0.25, 0.3) is 0 Å². The highest BCUT2D eigenvalue weighted by molar-refractivity contribution is 7.85. The second-order valence-corrected chi connectivity index (χ2v) is 6.21. The standard InChI is InChI=1S/C8H15NO3S/c1-7(3-4-7)5-8(2)6-12-13(10,11)9-8/h9H,3-6H2,1-2H3. The Balaban J connectivity index is 2.06. The zero-order valence-electron chi connectivity index (χ0n) is 7.96. The quantitative estimate of drug-likeness (QED) is 0.725. The third-order valence-corrected chi connectivity index (χ3v) is 4.00. The van der Waals surface area contributed by atoms with E-state index in [4.69, 9.17) is 4.18 Å². The minimum atomic E-state index is -3.45. The summed E-state index contributed by atoms with van der Waals surface area (Å²) in [5.74, 6) is 0. The fourth-order valence-electron chi connectivity index (χ4n) is 1.99. The van der Waals surface area contributed by atoms with Crippen molar-refractivity contribution in [2.75, 3.05) is 6.61 Å². The molecule has 0 radical (unpaired) electrons. The molecule has 5 heteroatoms. The van der Waals surface area contributed by atoms with Gasteiger partial charge in [-0.25, -0.2) is 0 Å². The van der Waals surface area contributed by atoms with Crippen LogP contribution < -0.4 is 4.72 Å². The van der Waals surface area contributed by atoms with Crippen LogP contribution in [0.15, 0.2) is 0 Å². The van der Waals surface area contributed by atoms with E-state index in [-0.39, 0.29) is 12.1 Å². The minimum Gasteiger partial charge on any atom is -0.256 e. The van der Waals surface area contributed by atoms with Crippen molar-refractivity contribution in [3.8, 4) is 0 Å². The van der Waals surface area contributed by atoms with Crippen molar-refractivity contribution < 1.29 is 12.6 Å². The van der Waals surface area contributed by atoms with Crippen molar-refractivity contribution in [2.24, 2.45) is 5.41 Å². The van der Waals surface area contributed by atoms with Gasteiger partial charge in [0.1, 0.15) is 0 Å². The molecule has 1 saturated carbocycles. The zero-order chi connectivity index (χ0) is 9.74. The molecule has 1 N–H and O–H groups in total. The predicted molar refractivity (Wildman–Crippen MR) is 48.4 cm³/mol. The van der Waals surface area contributed by atoms with E-state index in [1.54, 1.807) is 0 Å². The van der Waals surface area contributed by atoms with Crippen LogP contribution in [0.4, 0.5) is 0 Å². The molecular formula is C8H15NO3S. The van der Waals surface area contributed by atoms with Crippen LogP contribution in [-0.2, 0) is 14.5 Å². The van der Waals surface area contributed by atoms with Gasteiger partial charge in [0.2, 0.25) is 0 Å². The van der Waals surface area contributed by atoms with Gasteiger partial charge in [-0.3, -0.25) is 4.18 Å². The molecule has 1 heterocycles. The molecule has 0 aromatic rings. The molecule has 0 bridgehead atoms. The third-order valence-electron chi connectivity index (χ3n) is 2.82. The maximum Gasteiger partial charge on any atom is 0.336 e. The van der Waals surface area contributed by atoms with Gasteiger partial charge in [-0.1, -0.05) is 6.92 Å². The molecule has 2 rings (SSSR count). The molecule has 2 fully saturated rings. The van der Waals surface area contributed by atoms with Gasteiger partial charge in [0, 0.05) is 0 Å². The third kappa shape index (κ3) is 2.03. The van der Waals surface area contributed by atoms with Crippen LogP contribution >= 0.6 is 0 Å². The molecule has 1 unspecified atom stereocenters. The van der Waals surface area contributed by atoms with Gasteiger partial charge in [0.05, 0.1) is 12.1 Å². The fraction of sp³-hybridized carbons (Fsp3) is 1.00. The molecule has 1 atom stereocenters. The van der Waals surface area contributed by atoms with E-state index >= 15 is 0 Å². The van der Waals surface area contributed by atoms with Crippen molar-refractivity contribution in [3.63, 3.8) is 0 Å². The molecule has 0 amide bonds. The SMILES string of the molecule is CC1(CC2(C)COS(=O)(=O)N2)CC1. The molecule has 1 aliphatic carbocycles. The summed E-state index contributed by atoms with van der Waals surface area (Å²) in [7, 11) is -3.45. The molecule has 2 aliphatic rings. The number of hydrogen-bond acceptors (Lipinski definition) is 3. The van der Waals surface area contributed by atoms with Crippen LogP contribution in [0.25, 0.3) is 0 Å². The first-order chi connectivity index (χ1) is 5.83. The van der Waals surface area contributed by atoms with Gasteiger partial charge in [-0.05, 0) is 31.6 Å². The largest absolute Gasteiger partial charge is 0.336 e. The number of rotatable bonds is 2. The van der Waals surface area contributed by atoms with Gasteiger partial charge in [-0.15, -0.1) is 0 Å². The summed E-state index contributed by atoms with van der Waals surface area (Å²) in [5.41, 5.74) is -0.0466. The summed E-state index contributed by atoms with van der Waals surface area (Å²) in [6, 6.07) is 0. The first-order valence-corrected chi connectivity index (χ1v) is 5.92. The zero-order valence-corrected chi connectivity index (χ0v) is 8.78. The molecule has 0 spiro atoms. The van der Waals surface area contributed by atoms with E-state index in [9.17, 15) is 8.42 Å². The highest BCUT2D eigenvalue weighted by atomic mass is 32.2. The molecule has 4 nitrogen and oxygen atoms in total. The van der Waals surface area contributed by atoms with E-state index in [1.165, 1.54) is 12.8 Å². The smallest absolute Gasteiger partial charge is 0.256 e. The Labute approximate surface area is 78.9 Å². The topological polar surface area (TPSA) is 55.4 Å². The number of hydrogen-bond donors (Lipinski definition) is 1. The van der Waals surface area contributed by atoms with Crippen molar-refractivity contribution in [1.29, 1.82) is 0 Å². The molecule has 13 heavy (non-hydrogen) atoms. The van der Waals surface area contributed by atoms with Crippen molar-refractivity contribution in [1.82, 2.24) is 4.72 Å². The Morgan fingerprint density at radius 2 is 2.00 bits per heavy atom. The van der Waals surface area contributed by atoms with Gasteiger partial charge >= 0.3 is 10.3 Å². The Hall–Kier alpha value is -0.130. The lowest BCUT2D eigenvalue weighted by Gasteiger charge is -2.24. The van der Waals surface area contributed by atoms with Crippen LogP contribution in [0.2, 0.25) is 0 Å². The van der Waals surface area contributed by atoms with Crippen LogP contribution in [0, 0.1) is 5.41 Å². The van der Waals surface area contributed by atoms with Crippen LogP contribution in [-0.4, -0.2) is 20.6 Å². The Morgan fingerprint density at radius 3 is 2.38 bits per heavy atom. The summed E-state index contributed by atoms with van der Waals surface area (Å²) in [6.07, 6.45) is 3.27. The summed E-state index contributed by atoms with van der Waals surface area (Å²) in [4.78, 5) is 0. The van der Waals surface area contributed by atoms with Crippen molar-refractivity contribution in [2.45, 2.75) is 38.6 Å². The molecular weight excluding hydrogens is 190 g/mol. The van der Waals surface area contributed by atoms with E-state index in [2.05, 4.69) is 11.6 Å². The van der Waals surface area contributed by atoms with E-state index in [1.807, 2.05) is 6.92 Å². The molecule has 76 valence electrons. The lowest BCUT2D eigenvalue weighted by Crippen LogP contribution is -2.42. The summed E-state index contributed by atoms with van der Waals surface area (Å²) >= 11 is 0. The highest BCUT2D eigenvalue weighted by Gasteiger charge is 2.48. The van der Waals surface area contributed by atoms with Crippen LogP contribution in [0.3, 0.4) is 0 Å². The van der Waals surface area contributed by atoms with Gasteiger partial charge in [-0.2, -0.15) is 13.1 Å². The normalized spacial score (nSPS) is 40.5. The summed E-state index contributed by atoms with van der Waals surface area (Å²) in [5, 5.41) is 0. The Morgan fingerprint density at radius 1 is 1.38 bits per heavy atom. The fourth-order valence-corrected chi connectivity index (χ4v) is 3.20. The van der Waals surface area contributed by atoms with Gasteiger partial charge < -0.3 is 0 Å². The average Bonchev–Trinajstić information content (AvgIpc) is 2.55. The Bertz CT molecular complexity index is 320. The minimum absolute atomic E-state index is 0.269. The lowest BCUT2D eigenvalue weighted by molar-refractivity contribution is 0.241. The molecule has 1 aliphatic heterocycles. The second kappa shape index (κ2) is 2.46. The predicted octanol–water partition coefficient (Wildman–Crippen LogP) is 0.800. The maximum absolute atomic E-state index is 11.0. The van der Waals surface area contributed by atoms with E-state index in [0.717, 1.165) is 6.42 Å². The highest BCUT2D eigenvalue weighted by Crippen LogP contribution is 2.51. The van der Waals surface area contributed by atoms with Crippen molar-refractivity contribution >= 4 is 10.3 Å². The van der Waals surface area contributed by atoms with E-state index < -0.39 is 10.3 Å². The monoisotopic (exact) mass is 205 g/mol. The Kier molecular flexibility index (Phi) is 1.78. The van der Waals surface area contributed by atoms with Crippen LogP contribution in [0.5, 0.6) is 0 Å². The number of nitrogens with one attached hydrogen (secondary N) is 1. The lowest BCUT2D eigenvalue weighted by atomic mass is 9.89.